The van der Waals surface area contributed by atoms with Crippen molar-refractivity contribution in [3.63, 3.8) is 0 Å². The zero-order valence-corrected chi connectivity index (χ0v) is 19.8. The first kappa shape index (κ1) is 20.4. The molecule has 6 rings (SSSR count). The maximum absolute atomic E-state index is 6.41. The van der Waals surface area contributed by atoms with Crippen molar-refractivity contribution in [1.82, 2.24) is 14.4 Å². The quantitative estimate of drug-likeness (QED) is 0.331. The van der Waals surface area contributed by atoms with E-state index in [1.807, 2.05) is 30.7 Å². The topological polar surface area (TPSA) is 33.4 Å². The number of piperidine rings is 1. The van der Waals surface area contributed by atoms with Gasteiger partial charge in [-0.05, 0) is 54.4 Å². The Labute approximate surface area is 201 Å². The summed E-state index contributed by atoms with van der Waals surface area (Å²) in [4.78, 5) is 13.7. The number of hydrogen-bond donors (Lipinski definition) is 0. The molecule has 1 saturated heterocycles. The van der Waals surface area contributed by atoms with E-state index in [1.54, 1.807) is 17.8 Å². The van der Waals surface area contributed by atoms with Crippen LogP contribution in [-0.4, -0.2) is 27.5 Å². The van der Waals surface area contributed by atoms with Crippen molar-refractivity contribution >= 4 is 46.6 Å². The SMILES string of the molecule is Clc1cccc(Sc2cnc(N3CCC4(CC3)Cc3ccccc3C4)n3ccnc23)c1Cl. The van der Waals surface area contributed by atoms with Crippen molar-refractivity contribution in [2.24, 2.45) is 5.41 Å². The molecule has 1 aliphatic heterocycles. The molecule has 1 aliphatic carbocycles. The molecule has 3 heterocycles. The summed E-state index contributed by atoms with van der Waals surface area (Å²) in [6.07, 6.45) is 10.5. The number of hydrogen-bond acceptors (Lipinski definition) is 4. The third kappa shape index (κ3) is 3.47. The number of rotatable bonds is 3. The monoisotopic (exact) mass is 480 g/mol. The van der Waals surface area contributed by atoms with Gasteiger partial charge in [-0.25, -0.2) is 9.97 Å². The molecule has 2 aromatic heterocycles. The largest absolute Gasteiger partial charge is 0.342 e. The number of fused-ring (bicyclic) bond motifs is 2. The van der Waals surface area contributed by atoms with Crippen LogP contribution in [0.4, 0.5) is 5.95 Å². The van der Waals surface area contributed by atoms with Crippen LogP contribution >= 0.6 is 35.0 Å². The van der Waals surface area contributed by atoms with E-state index >= 15 is 0 Å². The summed E-state index contributed by atoms with van der Waals surface area (Å²) >= 11 is 14.1. The second-order valence-electron chi connectivity index (χ2n) is 8.81. The molecule has 2 aromatic carbocycles. The van der Waals surface area contributed by atoms with Gasteiger partial charge >= 0.3 is 0 Å². The van der Waals surface area contributed by atoms with Crippen LogP contribution in [0.1, 0.15) is 24.0 Å². The number of halogens is 2. The lowest BCUT2D eigenvalue weighted by atomic mass is 9.76. The van der Waals surface area contributed by atoms with Crippen LogP contribution in [0.25, 0.3) is 5.65 Å². The van der Waals surface area contributed by atoms with E-state index in [0.29, 0.717) is 15.5 Å². The van der Waals surface area contributed by atoms with E-state index < -0.39 is 0 Å². The van der Waals surface area contributed by atoms with E-state index in [2.05, 4.69) is 38.6 Å². The summed E-state index contributed by atoms with van der Waals surface area (Å²) < 4.78 is 2.10. The summed E-state index contributed by atoms with van der Waals surface area (Å²) in [7, 11) is 0. The molecule has 1 spiro atoms. The van der Waals surface area contributed by atoms with Crippen molar-refractivity contribution < 1.29 is 0 Å². The van der Waals surface area contributed by atoms with Crippen molar-refractivity contribution in [3.05, 3.63) is 82.2 Å². The highest BCUT2D eigenvalue weighted by molar-refractivity contribution is 7.99. The lowest BCUT2D eigenvalue weighted by Crippen LogP contribution is -2.41. The third-order valence-corrected chi connectivity index (χ3v) is 8.87. The molecule has 4 nitrogen and oxygen atoms in total. The highest BCUT2D eigenvalue weighted by atomic mass is 35.5. The fourth-order valence-electron chi connectivity index (χ4n) is 5.18. The minimum absolute atomic E-state index is 0.410. The molecule has 32 heavy (non-hydrogen) atoms. The van der Waals surface area contributed by atoms with Crippen molar-refractivity contribution in [1.29, 1.82) is 0 Å². The first-order chi connectivity index (χ1) is 15.6. The molecule has 0 N–H and O–H groups in total. The summed E-state index contributed by atoms with van der Waals surface area (Å²) in [5.41, 5.74) is 4.38. The number of nitrogens with zero attached hydrogens (tertiary/aromatic N) is 4. The average molecular weight is 481 g/mol. The molecule has 162 valence electrons. The van der Waals surface area contributed by atoms with Gasteiger partial charge in [0.05, 0.1) is 14.9 Å². The van der Waals surface area contributed by atoms with Crippen molar-refractivity contribution in [2.75, 3.05) is 18.0 Å². The van der Waals surface area contributed by atoms with Gasteiger partial charge in [0.1, 0.15) is 0 Å². The predicted octanol–water partition coefficient (Wildman–Crippen LogP) is 6.57. The summed E-state index contributed by atoms with van der Waals surface area (Å²) in [5, 5.41) is 1.11. The lowest BCUT2D eigenvalue weighted by Gasteiger charge is -2.40. The molecule has 0 radical (unpaired) electrons. The van der Waals surface area contributed by atoms with E-state index in [0.717, 1.165) is 34.5 Å². The van der Waals surface area contributed by atoms with E-state index in [-0.39, 0.29) is 0 Å². The Morgan fingerprint density at radius 2 is 1.62 bits per heavy atom. The van der Waals surface area contributed by atoms with Crippen LogP contribution in [0.3, 0.4) is 0 Å². The van der Waals surface area contributed by atoms with Crippen LogP contribution in [-0.2, 0) is 12.8 Å². The number of aromatic nitrogens is 3. The second-order valence-corrected chi connectivity index (χ2v) is 10.7. The first-order valence-electron chi connectivity index (χ1n) is 10.9. The van der Waals surface area contributed by atoms with E-state index in [9.17, 15) is 0 Å². The predicted molar refractivity (Wildman–Crippen MR) is 131 cm³/mol. The molecule has 0 atom stereocenters. The minimum Gasteiger partial charge on any atom is -0.342 e. The Morgan fingerprint density at radius 1 is 0.875 bits per heavy atom. The molecule has 2 aliphatic rings. The molecule has 0 saturated carbocycles. The fraction of sp³-hybridized carbons (Fsp3) is 0.280. The number of anilines is 1. The maximum atomic E-state index is 6.41. The van der Waals surface area contributed by atoms with E-state index in [4.69, 9.17) is 28.2 Å². The fourth-order valence-corrected chi connectivity index (χ4v) is 6.58. The standard InChI is InChI=1S/C25H22Cl2N4S/c26-19-6-3-7-20(22(19)27)32-21-16-29-24(31-13-10-28-23(21)31)30-11-8-25(9-12-30)14-17-4-1-2-5-18(17)15-25/h1-7,10,13,16H,8-9,11-12,14-15H2. The highest BCUT2D eigenvalue weighted by Crippen LogP contribution is 2.45. The molecule has 4 aromatic rings. The second kappa shape index (κ2) is 7.98. The van der Waals surface area contributed by atoms with Crippen LogP contribution in [0.5, 0.6) is 0 Å². The van der Waals surface area contributed by atoms with Gasteiger partial charge in [0, 0.05) is 36.6 Å². The normalized spacial score (nSPS) is 17.2. The third-order valence-electron chi connectivity index (χ3n) is 6.87. The van der Waals surface area contributed by atoms with Crippen molar-refractivity contribution in [3.8, 4) is 0 Å². The molecule has 0 amide bonds. The van der Waals surface area contributed by atoms with Gasteiger partial charge in [-0.15, -0.1) is 0 Å². The first-order valence-corrected chi connectivity index (χ1v) is 12.4. The van der Waals surface area contributed by atoms with Gasteiger partial charge in [-0.2, -0.15) is 0 Å². The number of imidazole rings is 1. The molecule has 7 heteroatoms. The lowest BCUT2D eigenvalue weighted by molar-refractivity contribution is 0.231. The number of benzene rings is 2. The Balaban J connectivity index is 1.24. The van der Waals surface area contributed by atoms with Gasteiger partial charge in [0.25, 0.3) is 0 Å². The molecule has 0 bridgehead atoms. The van der Waals surface area contributed by atoms with Gasteiger partial charge in [0.2, 0.25) is 5.95 Å². The van der Waals surface area contributed by atoms with Crippen LogP contribution in [0.2, 0.25) is 10.0 Å². The summed E-state index contributed by atoms with van der Waals surface area (Å²) in [6.45, 7) is 2.03. The molecule has 1 fully saturated rings. The molecular weight excluding hydrogens is 459 g/mol. The van der Waals surface area contributed by atoms with Crippen LogP contribution in [0, 0.1) is 5.41 Å². The smallest absolute Gasteiger partial charge is 0.211 e. The van der Waals surface area contributed by atoms with Gasteiger partial charge in [0.15, 0.2) is 5.65 Å². The molecular formula is C25H22Cl2N4S. The Bertz CT molecular complexity index is 1280. The van der Waals surface area contributed by atoms with Crippen molar-refractivity contribution in [2.45, 2.75) is 35.5 Å². The van der Waals surface area contributed by atoms with Crippen LogP contribution in [0.15, 0.2) is 70.8 Å². The van der Waals surface area contributed by atoms with Gasteiger partial charge < -0.3 is 4.90 Å². The van der Waals surface area contributed by atoms with Gasteiger partial charge in [-0.1, -0.05) is 65.3 Å². The zero-order valence-electron chi connectivity index (χ0n) is 17.5. The van der Waals surface area contributed by atoms with Gasteiger partial charge in [-0.3, -0.25) is 4.40 Å². The Morgan fingerprint density at radius 3 is 2.38 bits per heavy atom. The Kier molecular flexibility index (Phi) is 5.09. The minimum atomic E-state index is 0.410. The summed E-state index contributed by atoms with van der Waals surface area (Å²) in [6, 6.07) is 14.6. The van der Waals surface area contributed by atoms with E-state index in [1.165, 1.54) is 36.8 Å². The molecule has 0 unspecified atom stereocenters. The zero-order chi connectivity index (χ0) is 21.7. The maximum Gasteiger partial charge on any atom is 0.211 e. The van der Waals surface area contributed by atoms with Crippen LogP contribution < -0.4 is 4.90 Å². The Hall–Kier alpha value is -2.21. The summed E-state index contributed by atoms with van der Waals surface area (Å²) in [5.74, 6) is 0.962. The average Bonchev–Trinajstić information content (AvgIpc) is 3.43. The highest BCUT2D eigenvalue weighted by Gasteiger charge is 2.40.